The predicted molar refractivity (Wildman–Crippen MR) is 77.0 cm³/mol. The minimum Gasteiger partial charge on any atom is -0.421 e. The molecule has 4 heteroatoms. The molecule has 2 rings (SSSR count). The van der Waals surface area contributed by atoms with Crippen LogP contribution in [0.15, 0.2) is 28.7 Å². The van der Waals surface area contributed by atoms with E-state index in [2.05, 4.69) is 36.3 Å². The van der Waals surface area contributed by atoms with Gasteiger partial charge < -0.3 is 9.73 Å². The molecular formula is C15H21N3O. The third-order valence-electron chi connectivity index (χ3n) is 3.56. The number of nitrogens with zero attached hydrogens (tertiary/aromatic N) is 2. The Hall–Kier alpha value is -1.84. The highest BCUT2D eigenvalue weighted by Crippen LogP contribution is 2.28. The molecule has 0 fully saturated rings. The minimum absolute atomic E-state index is 0.398. The smallest absolute Gasteiger partial charge is 0.249 e. The molecule has 4 nitrogen and oxygen atoms in total. The number of benzene rings is 1. The lowest BCUT2D eigenvalue weighted by Gasteiger charge is -2.22. The Morgan fingerprint density at radius 1 is 1.21 bits per heavy atom. The topological polar surface area (TPSA) is 51.0 Å². The van der Waals surface area contributed by atoms with Gasteiger partial charge in [-0.05, 0) is 25.0 Å². The molecule has 19 heavy (non-hydrogen) atoms. The van der Waals surface area contributed by atoms with Crippen molar-refractivity contribution >= 4 is 5.69 Å². The molecule has 0 bridgehead atoms. The number of aromatic nitrogens is 2. The summed E-state index contributed by atoms with van der Waals surface area (Å²) in [5, 5.41) is 11.5. The van der Waals surface area contributed by atoms with Crippen LogP contribution in [0.2, 0.25) is 0 Å². The van der Waals surface area contributed by atoms with Crippen molar-refractivity contribution in [2.24, 2.45) is 5.92 Å². The summed E-state index contributed by atoms with van der Waals surface area (Å²) in [6.45, 7) is 8.45. The number of rotatable bonds is 5. The molecule has 1 aromatic carbocycles. The Morgan fingerprint density at radius 3 is 2.58 bits per heavy atom. The summed E-state index contributed by atoms with van der Waals surface area (Å²) < 4.78 is 5.52. The average Bonchev–Trinajstić information content (AvgIpc) is 2.85. The molecule has 0 radical (unpaired) electrons. The maximum atomic E-state index is 5.52. The van der Waals surface area contributed by atoms with Crippen LogP contribution in [0.1, 0.15) is 33.1 Å². The predicted octanol–water partition coefficient (Wildman–Crippen LogP) is 3.89. The standard InChI is InChI=1S/C15H21N3O/c1-5-10(2)11(3)16-14-9-7-6-8-13(14)15-18-17-12(4)19-15/h6-11,16H,5H2,1-4H3. The van der Waals surface area contributed by atoms with Crippen LogP contribution in [0.25, 0.3) is 11.5 Å². The largest absolute Gasteiger partial charge is 0.421 e. The molecule has 0 aliphatic rings. The van der Waals surface area contributed by atoms with Gasteiger partial charge in [0.05, 0.1) is 5.56 Å². The third kappa shape index (κ3) is 3.13. The van der Waals surface area contributed by atoms with Gasteiger partial charge in [0.2, 0.25) is 11.8 Å². The monoisotopic (exact) mass is 259 g/mol. The van der Waals surface area contributed by atoms with Gasteiger partial charge in [0.25, 0.3) is 0 Å². The van der Waals surface area contributed by atoms with E-state index in [0.717, 1.165) is 17.7 Å². The number of hydrogen-bond donors (Lipinski definition) is 1. The van der Waals surface area contributed by atoms with Gasteiger partial charge in [-0.1, -0.05) is 32.4 Å². The first-order valence-electron chi connectivity index (χ1n) is 6.77. The van der Waals surface area contributed by atoms with Gasteiger partial charge in [0.15, 0.2) is 0 Å². The summed E-state index contributed by atoms with van der Waals surface area (Å²) in [5.41, 5.74) is 2.00. The van der Waals surface area contributed by atoms with Gasteiger partial charge in [-0.3, -0.25) is 0 Å². The van der Waals surface area contributed by atoms with Crippen LogP contribution in [0, 0.1) is 12.8 Å². The van der Waals surface area contributed by atoms with Crippen molar-refractivity contribution in [1.82, 2.24) is 10.2 Å². The molecule has 1 aromatic heterocycles. The Kier molecular flexibility index (Phi) is 4.20. The van der Waals surface area contributed by atoms with E-state index in [0.29, 0.717) is 23.7 Å². The van der Waals surface area contributed by atoms with E-state index in [-0.39, 0.29) is 0 Å². The maximum Gasteiger partial charge on any atom is 0.249 e. The molecule has 0 saturated carbocycles. The van der Waals surface area contributed by atoms with Crippen molar-refractivity contribution in [3.63, 3.8) is 0 Å². The first-order valence-corrected chi connectivity index (χ1v) is 6.77. The van der Waals surface area contributed by atoms with Crippen molar-refractivity contribution in [2.75, 3.05) is 5.32 Å². The normalized spacial score (nSPS) is 14.1. The van der Waals surface area contributed by atoms with Crippen LogP contribution in [0.3, 0.4) is 0 Å². The van der Waals surface area contributed by atoms with E-state index in [1.54, 1.807) is 6.92 Å². The summed E-state index contributed by atoms with van der Waals surface area (Å²) in [4.78, 5) is 0. The molecule has 102 valence electrons. The average molecular weight is 259 g/mol. The molecule has 2 atom stereocenters. The second-order valence-corrected chi connectivity index (χ2v) is 4.99. The van der Waals surface area contributed by atoms with Crippen molar-refractivity contribution in [1.29, 1.82) is 0 Å². The van der Waals surface area contributed by atoms with Crippen LogP contribution in [-0.2, 0) is 0 Å². The maximum absolute atomic E-state index is 5.52. The zero-order valence-corrected chi connectivity index (χ0v) is 12.0. The van der Waals surface area contributed by atoms with Gasteiger partial charge in [-0.25, -0.2) is 0 Å². The Morgan fingerprint density at radius 2 is 1.95 bits per heavy atom. The van der Waals surface area contributed by atoms with Gasteiger partial charge in [-0.2, -0.15) is 0 Å². The highest BCUT2D eigenvalue weighted by atomic mass is 16.4. The molecule has 0 saturated heterocycles. The van der Waals surface area contributed by atoms with Gasteiger partial charge in [0.1, 0.15) is 0 Å². The van der Waals surface area contributed by atoms with Crippen LogP contribution in [-0.4, -0.2) is 16.2 Å². The highest BCUT2D eigenvalue weighted by molar-refractivity contribution is 5.72. The van der Waals surface area contributed by atoms with Crippen molar-refractivity contribution in [3.8, 4) is 11.5 Å². The van der Waals surface area contributed by atoms with Crippen molar-refractivity contribution < 1.29 is 4.42 Å². The fraction of sp³-hybridized carbons (Fsp3) is 0.467. The Balaban J connectivity index is 2.26. The molecular weight excluding hydrogens is 238 g/mol. The van der Waals surface area contributed by atoms with Gasteiger partial charge in [0, 0.05) is 18.7 Å². The van der Waals surface area contributed by atoms with E-state index >= 15 is 0 Å². The summed E-state index contributed by atoms with van der Waals surface area (Å²) in [6.07, 6.45) is 1.15. The van der Waals surface area contributed by atoms with E-state index in [1.807, 2.05) is 24.3 Å². The Bertz CT molecular complexity index is 536. The fourth-order valence-electron chi connectivity index (χ4n) is 1.94. The van der Waals surface area contributed by atoms with E-state index in [9.17, 15) is 0 Å². The summed E-state index contributed by atoms with van der Waals surface area (Å²) in [7, 11) is 0. The van der Waals surface area contributed by atoms with Crippen molar-refractivity contribution in [2.45, 2.75) is 40.2 Å². The first-order chi connectivity index (χ1) is 9.11. The van der Waals surface area contributed by atoms with Gasteiger partial charge >= 0.3 is 0 Å². The number of aryl methyl sites for hydroxylation is 1. The summed E-state index contributed by atoms with van der Waals surface area (Å²) in [5.74, 6) is 1.76. The SMILES string of the molecule is CCC(C)C(C)Nc1ccccc1-c1nnc(C)o1. The second kappa shape index (κ2) is 5.87. The lowest BCUT2D eigenvalue weighted by Crippen LogP contribution is -2.23. The summed E-state index contributed by atoms with van der Waals surface area (Å²) in [6, 6.07) is 8.44. The van der Waals surface area contributed by atoms with Crippen LogP contribution in [0.4, 0.5) is 5.69 Å². The molecule has 2 aromatic rings. The Labute approximate surface area is 114 Å². The third-order valence-corrected chi connectivity index (χ3v) is 3.56. The van der Waals surface area contributed by atoms with Crippen LogP contribution in [0.5, 0.6) is 0 Å². The molecule has 0 aliphatic carbocycles. The lowest BCUT2D eigenvalue weighted by atomic mass is 10.00. The van der Waals surface area contributed by atoms with Crippen LogP contribution >= 0.6 is 0 Å². The fourth-order valence-corrected chi connectivity index (χ4v) is 1.94. The molecule has 2 unspecified atom stereocenters. The molecule has 0 spiro atoms. The number of hydrogen-bond acceptors (Lipinski definition) is 4. The van der Waals surface area contributed by atoms with Gasteiger partial charge in [-0.15, -0.1) is 10.2 Å². The van der Waals surface area contributed by atoms with E-state index in [4.69, 9.17) is 4.42 Å². The van der Waals surface area contributed by atoms with Crippen molar-refractivity contribution in [3.05, 3.63) is 30.2 Å². The van der Waals surface area contributed by atoms with Crippen LogP contribution < -0.4 is 5.32 Å². The molecule has 0 amide bonds. The zero-order chi connectivity index (χ0) is 13.8. The molecule has 0 aliphatic heterocycles. The second-order valence-electron chi connectivity index (χ2n) is 4.99. The van der Waals surface area contributed by atoms with E-state index in [1.165, 1.54) is 0 Å². The van der Waals surface area contributed by atoms with E-state index < -0.39 is 0 Å². The zero-order valence-electron chi connectivity index (χ0n) is 12.0. The number of nitrogens with one attached hydrogen (secondary N) is 1. The lowest BCUT2D eigenvalue weighted by molar-refractivity contribution is 0.494. The highest BCUT2D eigenvalue weighted by Gasteiger charge is 2.15. The quantitative estimate of drug-likeness (QED) is 0.885. The molecule has 1 heterocycles. The summed E-state index contributed by atoms with van der Waals surface area (Å²) >= 11 is 0. The number of para-hydroxylation sites is 1. The molecule has 1 N–H and O–H groups in total. The minimum atomic E-state index is 0.398. The number of anilines is 1. The first kappa shape index (κ1) is 13.6.